The third-order valence-corrected chi connectivity index (χ3v) is 5.24. The molecule has 0 atom stereocenters. The van der Waals surface area contributed by atoms with Crippen molar-refractivity contribution in [3.63, 3.8) is 0 Å². The topological polar surface area (TPSA) is 26.3 Å². The summed E-state index contributed by atoms with van der Waals surface area (Å²) in [6.45, 7) is 2.99. The highest BCUT2D eigenvalue weighted by Crippen LogP contribution is 2.29. The van der Waals surface area contributed by atoms with Gasteiger partial charge in [-0.05, 0) is 36.1 Å². The van der Waals surface area contributed by atoms with Crippen LogP contribution in [0.2, 0.25) is 0 Å². The van der Waals surface area contributed by atoms with Gasteiger partial charge in [0.25, 0.3) is 0 Å². The van der Waals surface area contributed by atoms with Crippen molar-refractivity contribution in [2.45, 2.75) is 64.7 Å². The Balaban J connectivity index is 1.45. The van der Waals surface area contributed by atoms with Crippen molar-refractivity contribution in [2.75, 3.05) is 6.61 Å². The summed E-state index contributed by atoms with van der Waals surface area (Å²) in [5.74, 6) is 0.943. The first kappa shape index (κ1) is 18.7. The van der Waals surface area contributed by atoms with Crippen LogP contribution in [0.4, 0.5) is 0 Å². The Morgan fingerprint density at radius 2 is 1.50 bits per heavy atom. The van der Waals surface area contributed by atoms with Gasteiger partial charge in [-0.25, -0.2) is 0 Å². The van der Waals surface area contributed by atoms with Gasteiger partial charge in [0.1, 0.15) is 5.75 Å². The molecule has 0 radical (unpaired) electrons. The van der Waals surface area contributed by atoms with Gasteiger partial charge in [0.05, 0.1) is 6.61 Å². The fourth-order valence-corrected chi connectivity index (χ4v) is 3.68. The van der Waals surface area contributed by atoms with Crippen LogP contribution in [0.15, 0.2) is 42.5 Å². The molecule has 3 rings (SSSR count). The SMILES string of the molecule is CCCCCCCCCCOc1ccc2c(c1)C(=O)c1ccccc1C2. The number of ether oxygens (including phenoxy) is 1. The van der Waals surface area contributed by atoms with Crippen LogP contribution >= 0.6 is 0 Å². The molecular formula is C24H30O2. The molecule has 0 bridgehead atoms. The molecule has 2 aromatic rings. The molecule has 0 spiro atoms. The molecule has 1 aliphatic carbocycles. The largest absolute Gasteiger partial charge is 0.494 e. The second-order valence-electron chi connectivity index (χ2n) is 7.31. The van der Waals surface area contributed by atoms with E-state index in [-0.39, 0.29) is 5.78 Å². The molecule has 138 valence electrons. The quantitative estimate of drug-likeness (QED) is 0.399. The Kier molecular flexibility index (Phi) is 6.88. The molecule has 1 aliphatic rings. The number of ketones is 1. The summed E-state index contributed by atoms with van der Waals surface area (Å²) >= 11 is 0. The summed E-state index contributed by atoms with van der Waals surface area (Å²) in [4.78, 5) is 12.7. The number of carbonyl (C=O) groups excluding carboxylic acids is 1. The highest BCUT2D eigenvalue weighted by molar-refractivity contribution is 6.12. The minimum atomic E-state index is 0.124. The van der Waals surface area contributed by atoms with Crippen LogP contribution in [0.5, 0.6) is 5.75 Å². The molecule has 2 aromatic carbocycles. The van der Waals surface area contributed by atoms with Crippen molar-refractivity contribution in [1.82, 2.24) is 0 Å². The molecule has 0 aliphatic heterocycles. The van der Waals surface area contributed by atoms with Crippen LogP contribution in [0, 0.1) is 0 Å². The molecule has 0 aromatic heterocycles. The van der Waals surface area contributed by atoms with Crippen LogP contribution in [0.3, 0.4) is 0 Å². The van der Waals surface area contributed by atoms with Gasteiger partial charge in [-0.3, -0.25) is 4.79 Å². The maximum Gasteiger partial charge on any atom is 0.193 e. The summed E-state index contributed by atoms with van der Waals surface area (Å²) in [7, 11) is 0. The lowest BCUT2D eigenvalue weighted by Gasteiger charge is -2.19. The summed E-state index contributed by atoms with van der Waals surface area (Å²) in [5.41, 5.74) is 3.86. The van der Waals surface area contributed by atoms with E-state index in [0.29, 0.717) is 0 Å². The van der Waals surface area contributed by atoms with E-state index in [1.54, 1.807) is 0 Å². The highest BCUT2D eigenvalue weighted by Gasteiger charge is 2.23. The number of fused-ring (bicyclic) bond motifs is 2. The van der Waals surface area contributed by atoms with E-state index in [1.165, 1.54) is 44.9 Å². The number of rotatable bonds is 10. The fourth-order valence-electron chi connectivity index (χ4n) is 3.68. The minimum absolute atomic E-state index is 0.124. The van der Waals surface area contributed by atoms with Gasteiger partial charge >= 0.3 is 0 Å². The van der Waals surface area contributed by atoms with Crippen LogP contribution in [0.25, 0.3) is 0 Å². The first-order chi connectivity index (χ1) is 12.8. The molecule has 0 unspecified atom stereocenters. The summed E-state index contributed by atoms with van der Waals surface area (Å²) in [5, 5.41) is 0. The smallest absolute Gasteiger partial charge is 0.193 e. The Morgan fingerprint density at radius 1 is 0.808 bits per heavy atom. The summed E-state index contributed by atoms with van der Waals surface area (Å²) in [6, 6.07) is 13.9. The molecule has 0 saturated heterocycles. The van der Waals surface area contributed by atoms with E-state index in [2.05, 4.69) is 6.92 Å². The molecular weight excluding hydrogens is 320 g/mol. The standard InChI is InChI=1S/C24H30O2/c1-2-3-4-5-6-7-8-11-16-26-21-15-14-20-17-19-12-9-10-13-22(19)24(25)23(20)18-21/h9-10,12-15,18H,2-8,11,16-17H2,1H3. The molecule has 0 amide bonds. The van der Waals surface area contributed by atoms with E-state index < -0.39 is 0 Å². The molecule has 0 fully saturated rings. The lowest BCUT2D eigenvalue weighted by Crippen LogP contribution is -2.15. The minimum Gasteiger partial charge on any atom is -0.494 e. The molecule has 0 saturated carbocycles. The maximum atomic E-state index is 12.7. The van der Waals surface area contributed by atoms with Crippen LogP contribution in [-0.4, -0.2) is 12.4 Å². The Bertz CT molecular complexity index is 733. The summed E-state index contributed by atoms with van der Waals surface area (Å²) in [6.07, 6.45) is 11.2. The number of hydrogen-bond donors (Lipinski definition) is 0. The first-order valence-electron chi connectivity index (χ1n) is 10.2. The number of hydrogen-bond acceptors (Lipinski definition) is 2. The van der Waals surface area contributed by atoms with Crippen LogP contribution in [-0.2, 0) is 6.42 Å². The van der Waals surface area contributed by atoms with Crippen molar-refractivity contribution >= 4 is 5.78 Å². The van der Waals surface area contributed by atoms with Crippen molar-refractivity contribution in [2.24, 2.45) is 0 Å². The van der Waals surface area contributed by atoms with Gasteiger partial charge in [0.2, 0.25) is 0 Å². The molecule has 26 heavy (non-hydrogen) atoms. The van der Waals surface area contributed by atoms with E-state index in [9.17, 15) is 4.79 Å². The lowest BCUT2D eigenvalue weighted by molar-refractivity contribution is 0.103. The van der Waals surface area contributed by atoms with Gasteiger partial charge in [-0.1, -0.05) is 82.2 Å². The monoisotopic (exact) mass is 350 g/mol. The molecule has 2 heteroatoms. The Hall–Kier alpha value is -2.09. The van der Waals surface area contributed by atoms with Crippen molar-refractivity contribution in [3.05, 3.63) is 64.7 Å². The highest BCUT2D eigenvalue weighted by atomic mass is 16.5. The maximum absolute atomic E-state index is 12.7. The second kappa shape index (κ2) is 9.56. The zero-order valence-electron chi connectivity index (χ0n) is 15.9. The first-order valence-corrected chi connectivity index (χ1v) is 10.2. The van der Waals surface area contributed by atoms with Crippen molar-refractivity contribution in [1.29, 1.82) is 0 Å². The third kappa shape index (κ3) is 4.75. The second-order valence-corrected chi connectivity index (χ2v) is 7.31. The van der Waals surface area contributed by atoms with Gasteiger partial charge in [-0.15, -0.1) is 0 Å². The van der Waals surface area contributed by atoms with E-state index >= 15 is 0 Å². The zero-order valence-corrected chi connectivity index (χ0v) is 15.9. The fraction of sp³-hybridized carbons (Fsp3) is 0.458. The van der Waals surface area contributed by atoms with Gasteiger partial charge in [-0.2, -0.15) is 0 Å². The number of benzene rings is 2. The third-order valence-electron chi connectivity index (χ3n) is 5.24. The lowest BCUT2D eigenvalue weighted by atomic mass is 9.85. The average molecular weight is 351 g/mol. The number of unbranched alkanes of at least 4 members (excludes halogenated alkanes) is 7. The van der Waals surface area contributed by atoms with E-state index in [4.69, 9.17) is 4.74 Å². The van der Waals surface area contributed by atoms with E-state index in [1.807, 2.05) is 42.5 Å². The predicted octanol–water partition coefficient (Wildman–Crippen LogP) is 6.34. The number of carbonyl (C=O) groups is 1. The molecule has 0 N–H and O–H groups in total. The van der Waals surface area contributed by atoms with Gasteiger partial charge in [0.15, 0.2) is 5.78 Å². The predicted molar refractivity (Wildman–Crippen MR) is 107 cm³/mol. The normalized spacial score (nSPS) is 12.6. The van der Waals surface area contributed by atoms with Gasteiger partial charge < -0.3 is 4.74 Å². The summed E-state index contributed by atoms with van der Waals surface area (Å²) < 4.78 is 5.90. The van der Waals surface area contributed by atoms with Crippen LogP contribution in [0.1, 0.15) is 85.3 Å². The van der Waals surface area contributed by atoms with Crippen LogP contribution < -0.4 is 4.74 Å². The Morgan fingerprint density at radius 3 is 2.31 bits per heavy atom. The Labute approximate surface area is 157 Å². The molecule has 2 nitrogen and oxygen atoms in total. The van der Waals surface area contributed by atoms with E-state index in [0.717, 1.165) is 47.5 Å². The average Bonchev–Trinajstić information content (AvgIpc) is 2.67. The zero-order chi connectivity index (χ0) is 18.2. The van der Waals surface area contributed by atoms with Crippen molar-refractivity contribution < 1.29 is 9.53 Å². The van der Waals surface area contributed by atoms with Crippen molar-refractivity contribution in [3.8, 4) is 5.75 Å². The molecule has 0 heterocycles. The van der Waals surface area contributed by atoms with Gasteiger partial charge in [0, 0.05) is 11.1 Å².